The Kier molecular flexibility index (Phi) is 2.09. The smallest absolute Gasteiger partial charge is 0.112 e. The summed E-state index contributed by atoms with van der Waals surface area (Å²) in [7, 11) is 0. The summed E-state index contributed by atoms with van der Waals surface area (Å²) >= 11 is 0. The van der Waals surface area contributed by atoms with E-state index in [9.17, 15) is 0 Å². The van der Waals surface area contributed by atoms with E-state index in [1.807, 2.05) is 18.6 Å². The van der Waals surface area contributed by atoms with Gasteiger partial charge in [0.05, 0.1) is 0 Å². The van der Waals surface area contributed by atoms with E-state index in [1.165, 1.54) is 22.1 Å². The van der Waals surface area contributed by atoms with Gasteiger partial charge in [0.25, 0.3) is 0 Å². The van der Waals surface area contributed by atoms with Crippen molar-refractivity contribution in [1.82, 2.24) is 4.98 Å². The average molecular weight is 288 g/mol. The molecule has 1 aromatic heterocycles. The van der Waals surface area contributed by atoms with Gasteiger partial charge in [0.1, 0.15) is 17.2 Å². The zero-order valence-electron chi connectivity index (χ0n) is 12.6. The van der Waals surface area contributed by atoms with Crippen LogP contribution >= 0.6 is 0 Å². The lowest BCUT2D eigenvalue weighted by Crippen LogP contribution is -2.27. The molecule has 0 amide bonds. The SMILES string of the molecule is CC12C=CC(C)(O1)C1=C2C=NC1c1cccc2cnccc12. The van der Waals surface area contributed by atoms with Crippen molar-refractivity contribution in [2.24, 2.45) is 4.99 Å². The highest BCUT2D eigenvalue weighted by atomic mass is 16.5. The van der Waals surface area contributed by atoms with E-state index in [-0.39, 0.29) is 17.2 Å². The van der Waals surface area contributed by atoms with Gasteiger partial charge >= 0.3 is 0 Å². The van der Waals surface area contributed by atoms with Gasteiger partial charge in [-0.05, 0) is 43.0 Å². The van der Waals surface area contributed by atoms with E-state index in [0.29, 0.717) is 0 Å². The molecule has 0 saturated heterocycles. The van der Waals surface area contributed by atoms with Crippen molar-refractivity contribution < 1.29 is 4.74 Å². The molecule has 1 aromatic carbocycles. The number of rotatable bonds is 1. The summed E-state index contributed by atoms with van der Waals surface area (Å²) in [6, 6.07) is 8.47. The first kappa shape index (κ1) is 12.3. The largest absolute Gasteiger partial charge is 0.352 e. The molecule has 2 bridgehead atoms. The van der Waals surface area contributed by atoms with Crippen LogP contribution in [0.15, 0.2) is 64.9 Å². The molecule has 22 heavy (non-hydrogen) atoms. The molecular formula is C19H16N2O. The molecule has 2 aromatic rings. The Morgan fingerprint density at radius 1 is 1.09 bits per heavy atom. The molecule has 3 atom stereocenters. The van der Waals surface area contributed by atoms with Crippen molar-refractivity contribution >= 4 is 17.0 Å². The predicted molar refractivity (Wildman–Crippen MR) is 87.0 cm³/mol. The van der Waals surface area contributed by atoms with Crippen LogP contribution in [0, 0.1) is 0 Å². The number of benzene rings is 1. The quantitative estimate of drug-likeness (QED) is 0.749. The van der Waals surface area contributed by atoms with E-state index in [4.69, 9.17) is 9.73 Å². The van der Waals surface area contributed by atoms with Gasteiger partial charge in [-0.25, -0.2) is 0 Å². The molecule has 3 aliphatic heterocycles. The zero-order valence-corrected chi connectivity index (χ0v) is 12.6. The fraction of sp³-hybridized carbons (Fsp3) is 0.263. The molecule has 3 nitrogen and oxygen atoms in total. The van der Waals surface area contributed by atoms with Crippen LogP contribution in [-0.4, -0.2) is 22.4 Å². The van der Waals surface area contributed by atoms with Crippen molar-refractivity contribution in [3.8, 4) is 0 Å². The van der Waals surface area contributed by atoms with Crippen LogP contribution in [0.25, 0.3) is 10.8 Å². The number of ether oxygens (including phenoxy) is 1. The molecule has 0 spiro atoms. The van der Waals surface area contributed by atoms with Crippen molar-refractivity contribution in [3.63, 3.8) is 0 Å². The second-order valence-electron chi connectivity index (χ2n) is 6.60. The Bertz CT molecular complexity index is 905. The summed E-state index contributed by atoms with van der Waals surface area (Å²) < 4.78 is 6.29. The Morgan fingerprint density at radius 3 is 2.86 bits per heavy atom. The number of hydrogen-bond donors (Lipinski definition) is 0. The van der Waals surface area contributed by atoms with Gasteiger partial charge in [-0.3, -0.25) is 9.98 Å². The highest BCUT2D eigenvalue weighted by Crippen LogP contribution is 2.56. The normalized spacial score (nSPS) is 34.9. The molecule has 4 heterocycles. The average Bonchev–Trinajstić information content (AvgIpc) is 3.15. The fourth-order valence-electron chi connectivity index (χ4n) is 4.11. The molecule has 0 saturated carbocycles. The summed E-state index contributed by atoms with van der Waals surface area (Å²) in [5.74, 6) is 0. The number of hydrogen-bond acceptors (Lipinski definition) is 3. The second-order valence-corrected chi connectivity index (χ2v) is 6.60. The second kappa shape index (κ2) is 3.73. The number of fused-ring (bicyclic) bond motifs is 5. The lowest BCUT2D eigenvalue weighted by atomic mass is 9.80. The first-order valence-corrected chi connectivity index (χ1v) is 7.62. The number of aromatic nitrogens is 1. The summed E-state index contributed by atoms with van der Waals surface area (Å²) in [4.78, 5) is 9.06. The van der Waals surface area contributed by atoms with Gasteiger partial charge < -0.3 is 4.74 Å². The van der Waals surface area contributed by atoms with Gasteiger partial charge in [0, 0.05) is 35.1 Å². The standard InChI is InChI=1S/C19H16N2O/c1-18-7-8-19(2,22-18)16-15(18)11-21-17(16)14-5-3-4-12-10-20-9-6-13(12)14/h3-11,17H,1-2H3. The van der Waals surface area contributed by atoms with Crippen molar-refractivity contribution in [2.45, 2.75) is 31.1 Å². The lowest BCUT2D eigenvalue weighted by Gasteiger charge is -2.26. The molecule has 0 N–H and O–H groups in total. The summed E-state index contributed by atoms with van der Waals surface area (Å²) in [5, 5.41) is 2.37. The molecule has 5 rings (SSSR count). The van der Waals surface area contributed by atoms with Gasteiger partial charge in [-0.1, -0.05) is 18.2 Å². The molecule has 3 aliphatic rings. The maximum atomic E-state index is 6.29. The van der Waals surface area contributed by atoms with Crippen molar-refractivity contribution in [1.29, 1.82) is 0 Å². The third-order valence-electron chi connectivity index (χ3n) is 5.14. The van der Waals surface area contributed by atoms with Crippen LogP contribution in [0.2, 0.25) is 0 Å². The molecular weight excluding hydrogens is 272 g/mol. The Hall–Kier alpha value is -2.26. The van der Waals surface area contributed by atoms with Gasteiger partial charge in [-0.2, -0.15) is 0 Å². The van der Waals surface area contributed by atoms with Gasteiger partial charge in [0.2, 0.25) is 0 Å². The summed E-state index contributed by atoms with van der Waals surface area (Å²) in [5.41, 5.74) is 3.11. The third kappa shape index (κ3) is 1.35. The highest BCUT2D eigenvalue weighted by Gasteiger charge is 2.55. The van der Waals surface area contributed by atoms with Crippen molar-refractivity contribution in [3.05, 3.63) is 65.5 Å². The summed E-state index contributed by atoms with van der Waals surface area (Å²) in [6.45, 7) is 4.27. The van der Waals surface area contributed by atoms with Crippen LogP contribution in [-0.2, 0) is 4.74 Å². The highest BCUT2D eigenvalue weighted by molar-refractivity contribution is 5.93. The number of pyridine rings is 1. The van der Waals surface area contributed by atoms with Crippen molar-refractivity contribution in [2.75, 3.05) is 0 Å². The minimum Gasteiger partial charge on any atom is -0.352 e. The van der Waals surface area contributed by atoms with E-state index < -0.39 is 0 Å². The van der Waals surface area contributed by atoms with Crippen LogP contribution in [0.4, 0.5) is 0 Å². The minimum atomic E-state index is -0.333. The molecule has 0 aliphatic carbocycles. The molecule has 3 heteroatoms. The number of aliphatic imine (C=N–C) groups is 1. The zero-order chi connectivity index (χ0) is 14.9. The third-order valence-corrected chi connectivity index (χ3v) is 5.14. The Morgan fingerprint density at radius 2 is 1.95 bits per heavy atom. The minimum absolute atomic E-state index is 0.0397. The van der Waals surface area contributed by atoms with Crippen LogP contribution in [0.5, 0.6) is 0 Å². The predicted octanol–water partition coefficient (Wildman–Crippen LogP) is 3.77. The molecule has 108 valence electrons. The van der Waals surface area contributed by atoms with E-state index >= 15 is 0 Å². The lowest BCUT2D eigenvalue weighted by molar-refractivity contribution is -0.00291. The van der Waals surface area contributed by atoms with Crippen LogP contribution in [0.3, 0.4) is 0 Å². The maximum Gasteiger partial charge on any atom is 0.112 e. The number of nitrogens with zero attached hydrogens (tertiary/aromatic N) is 2. The monoisotopic (exact) mass is 288 g/mol. The van der Waals surface area contributed by atoms with E-state index in [0.717, 1.165) is 5.39 Å². The topological polar surface area (TPSA) is 34.5 Å². The Balaban J connectivity index is 1.74. The first-order valence-electron chi connectivity index (χ1n) is 7.62. The van der Waals surface area contributed by atoms with Crippen LogP contribution in [0.1, 0.15) is 25.5 Å². The molecule has 3 unspecified atom stereocenters. The maximum absolute atomic E-state index is 6.29. The molecule has 0 radical (unpaired) electrons. The first-order chi connectivity index (χ1) is 10.6. The van der Waals surface area contributed by atoms with Gasteiger partial charge in [-0.15, -0.1) is 0 Å². The molecule has 0 fully saturated rings. The van der Waals surface area contributed by atoms with E-state index in [1.54, 1.807) is 0 Å². The van der Waals surface area contributed by atoms with Crippen LogP contribution < -0.4 is 0 Å². The van der Waals surface area contributed by atoms with Gasteiger partial charge in [0.15, 0.2) is 0 Å². The Labute approximate surface area is 129 Å². The van der Waals surface area contributed by atoms with E-state index in [2.05, 4.69) is 55.2 Å². The fourth-order valence-corrected chi connectivity index (χ4v) is 4.11. The summed E-state index contributed by atoms with van der Waals surface area (Å²) in [6.07, 6.45) is 10.1.